The van der Waals surface area contributed by atoms with Crippen molar-refractivity contribution in [3.05, 3.63) is 21.8 Å². The van der Waals surface area contributed by atoms with Gasteiger partial charge in [-0.05, 0) is 40.8 Å². The van der Waals surface area contributed by atoms with Crippen molar-refractivity contribution >= 4 is 22.6 Å². The minimum atomic E-state index is -4.72. The Bertz CT molecular complexity index is 382. The molecule has 18 heavy (non-hydrogen) atoms. The van der Waals surface area contributed by atoms with Gasteiger partial charge in [0.25, 0.3) is 0 Å². The maximum absolute atomic E-state index is 12.2. The first-order chi connectivity index (χ1) is 8.42. The lowest BCUT2D eigenvalue weighted by Gasteiger charge is -2.14. The first-order valence-corrected chi connectivity index (χ1v) is 6.17. The summed E-state index contributed by atoms with van der Waals surface area (Å²) in [6.45, 7) is 0.752. The molecule has 0 aliphatic heterocycles. The molecule has 7 heteroatoms. The normalized spacial score (nSPS) is 11.4. The van der Waals surface area contributed by atoms with Gasteiger partial charge in [-0.2, -0.15) is 0 Å². The molecule has 0 aliphatic carbocycles. The average molecular weight is 376 g/mol. The van der Waals surface area contributed by atoms with Crippen LogP contribution in [0.4, 0.5) is 13.2 Å². The Morgan fingerprint density at radius 1 is 1.17 bits per heavy atom. The van der Waals surface area contributed by atoms with E-state index >= 15 is 0 Å². The fraction of sp³-hybridized carbons (Fsp3) is 0.455. The van der Waals surface area contributed by atoms with Gasteiger partial charge in [-0.3, -0.25) is 0 Å². The minimum Gasteiger partial charge on any atom is -0.490 e. The largest absolute Gasteiger partial charge is 0.573 e. The van der Waals surface area contributed by atoms with Crippen molar-refractivity contribution in [2.75, 3.05) is 20.3 Å². The number of alkyl halides is 3. The second-order valence-electron chi connectivity index (χ2n) is 3.33. The highest BCUT2D eigenvalue weighted by atomic mass is 127. The molecule has 0 N–H and O–H groups in total. The van der Waals surface area contributed by atoms with E-state index in [4.69, 9.17) is 9.47 Å². The quantitative estimate of drug-likeness (QED) is 0.561. The predicted molar refractivity (Wildman–Crippen MR) is 67.8 cm³/mol. The lowest BCUT2D eigenvalue weighted by atomic mass is 10.3. The molecule has 3 nitrogen and oxygen atoms in total. The van der Waals surface area contributed by atoms with E-state index in [2.05, 4.69) is 4.74 Å². The van der Waals surface area contributed by atoms with Gasteiger partial charge < -0.3 is 14.2 Å². The molecular formula is C11H12F3IO3. The van der Waals surface area contributed by atoms with Gasteiger partial charge in [-0.25, -0.2) is 0 Å². The third kappa shape index (κ3) is 5.76. The Morgan fingerprint density at radius 3 is 2.50 bits per heavy atom. The van der Waals surface area contributed by atoms with Gasteiger partial charge in [-0.15, -0.1) is 13.2 Å². The van der Waals surface area contributed by atoms with Crippen LogP contribution in [-0.4, -0.2) is 26.7 Å². The van der Waals surface area contributed by atoms with E-state index in [0.29, 0.717) is 13.0 Å². The number of hydrogen-bond donors (Lipinski definition) is 0. The predicted octanol–water partition coefficient (Wildman–Crippen LogP) is 3.61. The zero-order valence-electron chi connectivity index (χ0n) is 9.59. The monoisotopic (exact) mass is 376 g/mol. The molecular weight excluding hydrogens is 364 g/mol. The van der Waals surface area contributed by atoms with Crippen LogP contribution in [0.1, 0.15) is 6.42 Å². The highest BCUT2D eigenvalue weighted by molar-refractivity contribution is 14.1. The number of methoxy groups -OCH3 is 1. The second kappa shape index (κ2) is 7.03. The van der Waals surface area contributed by atoms with Gasteiger partial charge in [-0.1, -0.05) is 0 Å². The van der Waals surface area contributed by atoms with Gasteiger partial charge in [0.2, 0.25) is 0 Å². The molecule has 0 spiro atoms. The highest BCUT2D eigenvalue weighted by Crippen LogP contribution is 2.33. The van der Waals surface area contributed by atoms with Gasteiger partial charge in [0.15, 0.2) is 11.5 Å². The maximum atomic E-state index is 12.2. The summed E-state index contributed by atoms with van der Waals surface area (Å²) in [7, 11) is 1.55. The van der Waals surface area contributed by atoms with E-state index in [1.165, 1.54) is 18.2 Å². The molecule has 0 atom stereocenters. The van der Waals surface area contributed by atoms with Crippen molar-refractivity contribution in [3.63, 3.8) is 0 Å². The summed E-state index contributed by atoms with van der Waals surface area (Å²) in [6.07, 6.45) is -4.13. The molecule has 0 saturated carbocycles. The van der Waals surface area contributed by atoms with E-state index in [-0.39, 0.29) is 18.1 Å². The van der Waals surface area contributed by atoms with E-state index in [1.807, 2.05) is 22.6 Å². The summed E-state index contributed by atoms with van der Waals surface area (Å²) in [5.41, 5.74) is 0. The zero-order valence-corrected chi connectivity index (χ0v) is 11.7. The molecule has 0 aliphatic rings. The summed E-state index contributed by atoms with van der Waals surface area (Å²) >= 11 is 1.99. The molecule has 0 radical (unpaired) electrons. The van der Waals surface area contributed by atoms with Gasteiger partial charge in [0, 0.05) is 23.7 Å². The smallest absolute Gasteiger partial charge is 0.490 e. The topological polar surface area (TPSA) is 27.7 Å². The van der Waals surface area contributed by atoms with Crippen LogP contribution in [0.3, 0.4) is 0 Å². The van der Waals surface area contributed by atoms with Crippen LogP contribution in [0.25, 0.3) is 0 Å². The molecule has 1 aromatic carbocycles. The Hall–Kier alpha value is -0.700. The summed E-state index contributed by atoms with van der Waals surface area (Å²) in [6, 6.07) is 4.25. The van der Waals surface area contributed by atoms with Crippen LogP contribution < -0.4 is 9.47 Å². The van der Waals surface area contributed by atoms with E-state index in [1.54, 1.807) is 7.11 Å². The minimum absolute atomic E-state index is 0.0790. The Labute approximate surface area is 116 Å². The molecule has 0 amide bonds. The van der Waals surface area contributed by atoms with Crippen molar-refractivity contribution in [2.45, 2.75) is 12.8 Å². The van der Waals surface area contributed by atoms with Crippen LogP contribution in [0.2, 0.25) is 0 Å². The lowest BCUT2D eigenvalue weighted by molar-refractivity contribution is -0.275. The average Bonchev–Trinajstić information content (AvgIpc) is 2.26. The molecule has 1 aromatic rings. The van der Waals surface area contributed by atoms with Crippen LogP contribution in [0.5, 0.6) is 11.5 Å². The SMILES string of the molecule is COCCCOc1cc(I)ccc1OC(F)(F)F. The molecule has 0 unspecified atom stereocenters. The lowest BCUT2D eigenvalue weighted by Crippen LogP contribution is -2.18. The second-order valence-corrected chi connectivity index (χ2v) is 4.58. The van der Waals surface area contributed by atoms with Gasteiger partial charge in [0.05, 0.1) is 6.61 Å². The van der Waals surface area contributed by atoms with E-state index in [0.717, 1.165) is 3.57 Å². The van der Waals surface area contributed by atoms with Crippen molar-refractivity contribution < 1.29 is 27.4 Å². The van der Waals surface area contributed by atoms with Crippen molar-refractivity contribution in [3.8, 4) is 11.5 Å². The standard InChI is InChI=1S/C11H12F3IO3/c1-16-5-2-6-17-10-7-8(15)3-4-9(10)18-11(12,13)14/h3-4,7H,2,5-6H2,1H3. The molecule has 0 aromatic heterocycles. The fourth-order valence-electron chi connectivity index (χ4n) is 1.19. The Balaban J connectivity index is 2.71. The third-order valence-electron chi connectivity index (χ3n) is 1.88. The van der Waals surface area contributed by atoms with E-state index < -0.39 is 6.36 Å². The molecule has 0 saturated heterocycles. The Morgan fingerprint density at radius 2 is 1.89 bits per heavy atom. The molecule has 0 bridgehead atoms. The van der Waals surface area contributed by atoms with Crippen molar-refractivity contribution in [1.29, 1.82) is 0 Å². The summed E-state index contributed by atoms with van der Waals surface area (Å²) < 4.78 is 51.2. The third-order valence-corrected chi connectivity index (χ3v) is 2.55. The Kier molecular flexibility index (Phi) is 6.00. The number of halogens is 4. The summed E-state index contributed by atoms with van der Waals surface area (Å²) in [5, 5.41) is 0. The van der Waals surface area contributed by atoms with E-state index in [9.17, 15) is 13.2 Å². The number of ether oxygens (including phenoxy) is 3. The molecule has 0 fully saturated rings. The zero-order chi connectivity index (χ0) is 13.6. The van der Waals surface area contributed by atoms with Crippen LogP contribution in [0, 0.1) is 3.57 Å². The van der Waals surface area contributed by atoms with Crippen LogP contribution in [0.15, 0.2) is 18.2 Å². The first kappa shape index (κ1) is 15.4. The molecule has 0 heterocycles. The van der Waals surface area contributed by atoms with Gasteiger partial charge in [0.1, 0.15) is 0 Å². The number of hydrogen-bond acceptors (Lipinski definition) is 3. The maximum Gasteiger partial charge on any atom is 0.573 e. The number of rotatable bonds is 6. The first-order valence-electron chi connectivity index (χ1n) is 5.09. The van der Waals surface area contributed by atoms with Crippen molar-refractivity contribution in [2.24, 2.45) is 0 Å². The fourth-order valence-corrected chi connectivity index (χ4v) is 1.65. The van der Waals surface area contributed by atoms with Crippen LogP contribution >= 0.6 is 22.6 Å². The molecule has 1 rings (SSSR count). The van der Waals surface area contributed by atoms with Gasteiger partial charge >= 0.3 is 6.36 Å². The summed E-state index contributed by atoms with van der Waals surface area (Å²) in [4.78, 5) is 0. The van der Waals surface area contributed by atoms with Crippen molar-refractivity contribution in [1.82, 2.24) is 0 Å². The summed E-state index contributed by atoms with van der Waals surface area (Å²) in [5.74, 6) is -0.254. The highest BCUT2D eigenvalue weighted by Gasteiger charge is 2.32. The number of benzene rings is 1. The van der Waals surface area contributed by atoms with Crippen LogP contribution in [-0.2, 0) is 4.74 Å². The molecule has 102 valence electrons.